The molecule has 1 aliphatic heterocycles. The van der Waals surface area contributed by atoms with E-state index < -0.39 is 0 Å². The molecule has 0 aromatic heterocycles. The number of halogens is 2. The summed E-state index contributed by atoms with van der Waals surface area (Å²) in [7, 11) is 0. The summed E-state index contributed by atoms with van der Waals surface area (Å²) in [5.74, 6) is 0. The molecule has 2 aromatic rings. The molecular formula is C19H22Cl2N3S+. The van der Waals surface area contributed by atoms with Gasteiger partial charge in [0.1, 0.15) is 6.54 Å². The second-order valence-electron chi connectivity index (χ2n) is 6.43. The Morgan fingerprint density at radius 2 is 1.52 bits per heavy atom. The van der Waals surface area contributed by atoms with Gasteiger partial charge >= 0.3 is 0 Å². The first-order chi connectivity index (χ1) is 12.1. The van der Waals surface area contributed by atoms with E-state index >= 15 is 0 Å². The molecule has 3 nitrogen and oxygen atoms in total. The maximum absolute atomic E-state index is 5.95. The topological polar surface area (TPSA) is 28.5 Å². The SMILES string of the molecule is S=C(Nc1ccc(Cl)cc1)NC1CC[NH+](Cc2ccc(Cl)cc2)CC1. The van der Waals surface area contributed by atoms with Crippen molar-refractivity contribution in [1.82, 2.24) is 5.32 Å². The van der Waals surface area contributed by atoms with E-state index in [9.17, 15) is 0 Å². The van der Waals surface area contributed by atoms with Crippen LogP contribution in [0.25, 0.3) is 0 Å². The predicted octanol–water partition coefficient (Wildman–Crippen LogP) is 3.53. The van der Waals surface area contributed by atoms with Gasteiger partial charge in [-0.3, -0.25) is 0 Å². The van der Waals surface area contributed by atoms with E-state index in [1.807, 2.05) is 36.4 Å². The molecule has 1 fully saturated rings. The minimum Gasteiger partial charge on any atom is -0.359 e. The Hall–Kier alpha value is -1.33. The molecule has 0 aliphatic carbocycles. The Morgan fingerprint density at radius 3 is 2.12 bits per heavy atom. The predicted molar refractivity (Wildman–Crippen MR) is 110 cm³/mol. The van der Waals surface area contributed by atoms with Crippen LogP contribution >= 0.6 is 35.4 Å². The van der Waals surface area contributed by atoms with E-state index in [0.29, 0.717) is 11.2 Å². The van der Waals surface area contributed by atoms with E-state index in [2.05, 4.69) is 22.8 Å². The van der Waals surface area contributed by atoms with Crippen molar-refractivity contribution in [2.45, 2.75) is 25.4 Å². The van der Waals surface area contributed by atoms with Gasteiger partial charge in [-0.25, -0.2) is 0 Å². The molecule has 3 N–H and O–H groups in total. The van der Waals surface area contributed by atoms with Crippen LogP contribution in [0.3, 0.4) is 0 Å². The summed E-state index contributed by atoms with van der Waals surface area (Å²) in [6, 6.07) is 16.1. The minimum absolute atomic E-state index is 0.432. The molecule has 1 aliphatic rings. The third-order valence-electron chi connectivity index (χ3n) is 4.50. The summed E-state index contributed by atoms with van der Waals surface area (Å²) in [5.41, 5.74) is 2.29. The molecule has 1 saturated heterocycles. The monoisotopic (exact) mass is 394 g/mol. The smallest absolute Gasteiger partial charge is 0.171 e. The number of quaternary nitrogens is 1. The number of piperidine rings is 1. The Bertz CT molecular complexity index is 696. The van der Waals surface area contributed by atoms with E-state index in [4.69, 9.17) is 35.4 Å². The second kappa shape index (κ2) is 8.86. The number of thiocarbonyl (C=S) groups is 1. The number of benzene rings is 2. The molecule has 0 spiro atoms. The maximum Gasteiger partial charge on any atom is 0.171 e. The van der Waals surface area contributed by atoms with Crippen LogP contribution in [-0.2, 0) is 6.54 Å². The highest BCUT2D eigenvalue weighted by Crippen LogP contribution is 2.13. The van der Waals surface area contributed by atoms with Crippen LogP contribution in [-0.4, -0.2) is 24.2 Å². The number of likely N-dealkylation sites (tertiary alicyclic amines) is 1. The molecule has 0 bridgehead atoms. The number of rotatable bonds is 4. The van der Waals surface area contributed by atoms with Gasteiger partial charge in [-0.15, -0.1) is 0 Å². The molecule has 132 valence electrons. The van der Waals surface area contributed by atoms with Crippen molar-refractivity contribution in [1.29, 1.82) is 0 Å². The molecule has 0 atom stereocenters. The van der Waals surface area contributed by atoms with Gasteiger partial charge < -0.3 is 15.5 Å². The standard InChI is InChI=1S/C19H21Cl2N3S/c20-15-3-1-14(2-4-15)13-24-11-9-18(10-12-24)23-19(25)22-17-7-5-16(21)6-8-17/h1-8,18H,9-13H2,(H2,22,23,25)/p+1. The average molecular weight is 395 g/mol. The first-order valence-electron chi connectivity index (χ1n) is 8.49. The third-order valence-corrected chi connectivity index (χ3v) is 5.22. The van der Waals surface area contributed by atoms with Gasteiger partial charge in [0.25, 0.3) is 0 Å². The Labute approximate surface area is 164 Å². The molecule has 0 saturated carbocycles. The summed E-state index contributed by atoms with van der Waals surface area (Å²) in [6.07, 6.45) is 2.23. The quantitative estimate of drug-likeness (QED) is 0.692. The number of nitrogens with one attached hydrogen (secondary N) is 3. The molecule has 0 unspecified atom stereocenters. The van der Waals surface area contributed by atoms with Gasteiger partial charge in [0.05, 0.1) is 13.1 Å². The zero-order chi connectivity index (χ0) is 17.6. The van der Waals surface area contributed by atoms with E-state index in [0.717, 1.165) is 48.2 Å². The normalized spacial score (nSPS) is 20.1. The van der Waals surface area contributed by atoms with Crippen molar-refractivity contribution >= 4 is 46.2 Å². The van der Waals surface area contributed by atoms with Crippen LogP contribution in [0.4, 0.5) is 5.69 Å². The summed E-state index contributed by atoms with van der Waals surface area (Å²) < 4.78 is 0. The van der Waals surface area contributed by atoms with Crippen LogP contribution in [0.15, 0.2) is 48.5 Å². The molecule has 0 radical (unpaired) electrons. The van der Waals surface area contributed by atoms with Crippen LogP contribution in [0, 0.1) is 0 Å². The lowest BCUT2D eigenvalue weighted by Crippen LogP contribution is -3.12. The second-order valence-corrected chi connectivity index (χ2v) is 7.71. The summed E-state index contributed by atoms with van der Waals surface area (Å²) in [4.78, 5) is 1.61. The van der Waals surface area contributed by atoms with Crippen molar-refractivity contribution in [3.05, 3.63) is 64.1 Å². The lowest BCUT2D eigenvalue weighted by Gasteiger charge is -2.30. The fourth-order valence-electron chi connectivity index (χ4n) is 3.12. The van der Waals surface area contributed by atoms with E-state index in [1.54, 1.807) is 4.90 Å². The van der Waals surface area contributed by atoms with Gasteiger partial charge in [-0.05, 0) is 48.6 Å². The first-order valence-corrected chi connectivity index (χ1v) is 9.66. The fraction of sp³-hybridized carbons (Fsp3) is 0.316. The zero-order valence-corrected chi connectivity index (χ0v) is 16.2. The van der Waals surface area contributed by atoms with Crippen molar-refractivity contribution in [3.63, 3.8) is 0 Å². The summed E-state index contributed by atoms with van der Waals surface area (Å²) >= 11 is 17.3. The Kier molecular flexibility index (Phi) is 6.54. The largest absolute Gasteiger partial charge is 0.359 e. The fourth-order valence-corrected chi connectivity index (χ4v) is 3.66. The molecular weight excluding hydrogens is 373 g/mol. The Balaban J connectivity index is 1.42. The lowest BCUT2D eigenvalue weighted by atomic mass is 10.0. The van der Waals surface area contributed by atoms with Crippen molar-refractivity contribution < 1.29 is 4.90 Å². The van der Waals surface area contributed by atoms with Crippen molar-refractivity contribution in [2.24, 2.45) is 0 Å². The van der Waals surface area contributed by atoms with Gasteiger partial charge in [-0.2, -0.15) is 0 Å². The molecule has 1 heterocycles. The van der Waals surface area contributed by atoms with Gasteiger partial charge in [0, 0.05) is 40.2 Å². The van der Waals surface area contributed by atoms with Crippen LogP contribution in [0.1, 0.15) is 18.4 Å². The van der Waals surface area contributed by atoms with Crippen LogP contribution < -0.4 is 15.5 Å². The van der Waals surface area contributed by atoms with E-state index in [1.165, 1.54) is 5.56 Å². The van der Waals surface area contributed by atoms with Crippen LogP contribution in [0.5, 0.6) is 0 Å². The van der Waals surface area contributed by atoms with Gasteiger partial charge in [-0.1, -0.05) is 35.3 Å². The summed E-state index contributed by atoms with van der Waals surface area (Å²) in [6.45, 7) is 3.34. The van der Waals surface area contributed by atoms with E-state index in [-0.39, 0.29) is 0 Å². The highest BCUT2D eigenvalue weighted by molar-refractivity contribution is 7.80. The lowest BCUT2D eigenvalue weighted by molar-refractivity contribution is -0.918. The van der Waals surface area contributed by atoms with Gasteiger partial charge in [0.15, 0.2) is 5.11 Å². The number of hydrogen-bond acceptors (Lipinski definition) is 1. The number of hydrogen-bond donors (Lipinski definition) is 3. The highest BCUT2D eigenvalue weighted by atomic mass is 35.5. The average Bonchev–Trinajstić information content (AvgIpc) is 2.61. The van der Waals surface area contributed by atoms with Gasteiger partial charge in [0.2, 0.25) is 0 Å². The maximum atomic E-state index is 5.95. The highest BCUT2D eigenvalue weighted by Gasteiger charge is 2.22. The minimum atomic E-state index is 0.432. The van der Waals surface area contributed by atoms with Crippen molar-refractivity contribution in [3.8, 4) is 0 Å². The third kappa shape index (κ3) is 5.86. The molecule has 25 heavy (non-hydrogen) atoms. The molecule has 6 heteroatoms. The molecule has 2 aromatic carbocycles. The molecule has 0 amide bonds. The summed E-state index contributed by atoms with van der Waals surface area (Å²) in [5, 5.41) is 8.84. The van der Waals surface area contributed by atoms with Crippen LogP contribution in [0.2, 0.25) is 10.0 Å². The molecule has 3 rings (SSSR count). The zero-order valence-electron chi connectivity index (χ0n) is 13.9. The number of anilines is 1. The Morgan fingerprint density at radius 1 is 0.960 bits per heavy atom. The van der Waals surface area contributed by atoms with Crippen molar-refractivity contribution in [2.75, 3.05) is 18.4 Å². The first kappa shape index (κ1) is 18.5.